The normalized spacial score (nSPS) is 12.8. The molecule has 6 heteroatoms. The molecule has 142 valence electrons. The van der Waals surface area contributed by atoms with Crippen LogP contribution in [0.15, 0.2) is 24.3 Å². The number of anilines is 1. The number of benzene rings is 1. The van der Waals surface area contributed by atoms with E-state index in [-0.39, 0.29) is 5.78 Å². The first-order chi connectivity index (χ1) is 11.9. The van der Waals surface area contributed by atoms with Crippen LogP contribution in [0.2, 0.25) is 0 Å². The summed E-state index contributed by atoms with van der Waals surface area (Å²) >= 11 is 0. The molecule has 0 fully saturated rings. The SMILES string of the molecule is CCCCCCC(CC)NCCC(=O)c1ccc(NS(C)(=O)=O)cc1. The van der Waals surface area contributed by atoms with Gasteiger partial charge in [0.05, 0.1) is 6.26 Å². The minimum atomic E-state index is -3.29. The third-order valence-electron chi connectivity index (χ3n) is 4.19. The lowest BCUT2D eigenvalue weighted by atomic mass is 10.0. The predicted molar refractivity (Wildman–Crippen MR) is 105 cm³/mol. The first kappa shape index (κ1) is 21.6. The third-order valence-corrected chi connectivity index (χ3v) is 4.80. The maximum atomic E-state index is 12.2. The van der Waals surface area contributed by atoms with E-state index in [9.17, 15) is 13.2 Å². The van der Waals surface area contributed by atoms with Gasteiger partial charge in [0.25, 0.3) is 0 Å². The minimum Gasteiger partial charge on any atom is -0.314 e. The largest absolute Gasteiger partial charge is 0.314 e. The van der Waals surface area contributed by atoms with Crippen LogP contribution in [-0.2, 0) is 10.0 Å². The van der Waals surface area contributed by atoms with E-state index in [2.05, 4.69) is 23.9 Å². The highest BCUT2D eigenvalue weighted by atomic mass is 32.2. The average molecular weight is 369 g/mol. The summed E-state index contributed by atoms with van der Waals surface area (Å²) < 4.78 is 24.7. The van der Waals surface area contributed by atoms with Gasteiger partial charge in [0.2, 0.25) is 10.0 Å². The van der Waals surface area contributed by atoms with Gasteiger partial charge in [-0.3, -0.25) is 9.52 Å². The quantitative estimate of drug-likeness (QED) is 0.408. The van der Waals surface area contributed by atoms with Gasteiger partial charge in [-0.25, -0.2) is 8.42 Å². The second-order valence-corrected chi connectivity index (χ2v) is 8.28. The van der Waals surface area contributed by atoms with Gasteiger partial charge in [0.15, 0.2) is 5.78 Å². The van der Waals surface area contributed by atoms with Gasteiger partial charge >= 0.3 is 0 Å². The topological polar surface area (TPSA) is 75.3 Å². The van der Waals surface area contributed by atoms with E-state index < -0.39 is 10.0 Å². The van der Waals surface area contributed by atoms with Crippen LogP contribution in [0.25, 0.3) is 0 Å². The zero-order valence-corrected chi connectivity index (χ0v) is 16.5. The molecule has 1 aromatic rings. The van der Waals surface area contributed by atoms with Crippen molar-refractivity contribution in [2.24, 2.45) is 0 Å². The van der Waals surface area contributed by atoms with Gasteiger partial charge in [-0.1, -0.05) is 39.5 Å². The maximum Gasteiger partial charge on any atom is 0.229 e. The van der Waals surface area contributed by atoms with Gasteiger partial charge in [0, 0.05) is 30.3 Å². The van der Waals surface area contributed by atoms with Crippen molar-refractivity contribution >= 4 is 21.5 Å². The van der Waals surface area contributed by atoms with E-state index in [1.165, 1.54) is 25.7 Å². The minimum absolute atomic E-state index is 0.0687. The van der Waals surface area contributed by atoms with Crippen LogP contribution < -0.4 is 10.0 Å². The first-order valence-corrected chi connectivity index (χ1v) is 11.1. The molecule has 1 aromatic carbocycles. The number of carbonyl (C=O) groups excluding carboxylic acids is 1. The number of hydrogen-bond donors (Lipinski definition) is 2. The average Bonchev–Trinajstić information content (AvgIpc) is 2.56. The fourth-order valence-electron chi connectivity index (χ4n) is 2.74. The van der Waals surface area contributed by atoms with Crippen LogP contribution in [-0.4, -0.2) is 33.0 Å². The second kappa shape index (κ2) is 11.3. The Bertz CT molecular complexity index is 612. The van der Waals surface area contributed by atoms with Gasteiger partial charge in [-0.15, -0.1) is 0 Å². The van der Waals surface area contributed by atoms with E-state index in [0.29, 0.717) is 30.3 Å². The molecule has 0 heterocycles. The van der Waals surface area contributed by atoms with Crippen LogP contribution in [0, 0.1) is 0 Å². The highest BCUT2D eigenvalue weighted by Crippen LogP contribution is 2.13. The summed E-state index contributed by atoms with van der Waals surface area (Å²) in [7, 11) is -3.29. The Kier molecular flexibility index (Phi) is 9.75. The summed E-state index contributed by atoms with van der Waals surface area (Å²) in [4.78, 5) is 12.2. The molecule has 1 atom stereocenters. The number of hydrogen-bond acceptors (Lipinski definition) is 4. The molecule has 25 heavy (non-hydrogen) atoms. The van der Waals surface area contributed by atoms with Gasteiger partial charge < -0.3 is 5.32 Å². The lowest BCUT2D eigenvalue weighted by Crippen LogP contribution is -2.30. The highest BCUT2D eigenvalue weighted by molar-refractivity contribution is 7.92. The summed E-state index contributed by atoms with van der Waals surface area (Å²) in [6.07, 6.45) is 8.84. The Labute approximate surface area is 152 Å². The monoisotopic (exact) mass is 368 g/mol. The number of carbonyl (C=O) groups is 1. The van der Waals surface area contributed by atoms with Crippen LogP contribution in [0.1, 0.15) is 69.2 Å². The summed E-state index contributed by atoms with van der Waals surface area (Å²) in [5, 5.41) is 3.48. The predicted octanol–water partition coefficient (Wildman–Crippen LogP) is 3.97. The Morgan fingerprint density at radius 1 is 1.08 bits per heavy atom. The smallest absolute Gasteiger partial charge is 0.229 e. The molecule has 0 amide bonds. The Hall–Kier alpha value is -1.40. The van der Waals surface area contributed by atoms with Crippen LogP contribution in [0.5, 0.6) is 0 Å². The molecule has 2 N–H and O–H groups in total. The zero-order valence-electron chi connectivity index (χ0n) is 15.7. The van der Waals surface area contributed by atoms with Gasteiger partial charge in [-0.2, -0.15) is 0 Å². The van der Waals surface area contributed by atoms with Crippen molar-refractivity contribution < 1.29 is 13.2 Å². The summed E-state index contributed by atoms with van der Waals surface area (Å²) in [5.41, 5.74) is 1.08. The molecule has 1 unspecified atom stereocenters. The molecule has 0 aliphatic carbocycles. The number of sulfonamides is 1. The summed E-state index contributed by atoms with van der Waals surface area (Å²) in [5.74, 6) is 0.0687. The van der Waals surface area contributed by atoms with E-state index in [4.69, 9.17) is 0 Å². The van der Waals surface area contributed by atoms with Crippen LogP contribution >= 0.6 is 0 Å². The van der Waals surface area contributed by atoms with Crippen molar-refractivity contribution in [1.82, 2.24) is 5.32 Å². The number of nitrogens with one attached hydrogen (secondary N) is 2. The molecule has 0 radical (unpaired) electrons. The third kappa shape index (κ3) is 9.60. The second-order valence-electron chi connectivity index (χ2n) is 6.53. The molecular formula is C19H32N2O3S. The fraction of sp³-hybridized carbons (Fsp3) is 0.632. The van der Waals surface area contributed by atoms with Crippen molar-refractivity contribution in [3.05, 3.63) is 29.8 Å². The fourth-order valence-corrected chi connectivity index (χ4v) is 3.30. The molecule has 0 aliphatic heterocycles. The number of unbranched alkanes of at least 4 members (excludes halogenated alkanes) is 3. The molecule has 5 nitrogen and oxygen atoms in total. The van der Waals surface area contributed by atoms with E-state index >= 15 is 0 Å². The lowest BCUT2D eigenvalue weighted by Gasteiger charge is -2.16. The molecule has 0 saturated carbocycles. The van der Waals surface area contributed by atoms with E-state index in [1.54, 1.807) is 24.3 Å². The highest BCUT2D eigenvalue weighted by Gasteiger charge is 2.09. The standard InChI is InChI=1S/C19H32N2O3S/c1-4-6-7-8-9-17(5-2)20-15-14-19(22)16-10-12-18(13-11-16)21-25(3,23)24/h10-13,17,20-21H,4-9,14-15H2,1-3H3. The molecule has 0 saturated heterocycles. The van der Waals surface area contributed by atoms with Crippen LogP contribution in [0.3, 0.4) is 0 Å². The van der Waals surface area contributed by atoms with E-state index in [0.717, 1.165) is 19.1 Å². The van der Waals surface area contributed by atoms with Crippen LogP contribution in [0.4, 0.5) is 5.69 Å². The van der Waals surface area contributed by atoms with E-state index in [1.807, 2.05) is 0 Å². The zero-order chi connectivity index (χ0) is 18.7. The number of Topliss-reactive ketones (excluding diaryl/α,β-unsaturated/α-hetero) is 1. The maximum absolute atomic E-state index is 12.2. The van der Waals surface area contributed by atoms with Crippen molar-refractivity contribution in [1.29, 1.82) is 0 Å². The van der Waals surface area contributed by atoms with Crippen molar-refractivity contribution in [3.63, 3.8) is 0 Å². The summed E-state index contributed by atoms with van der Waals surface area (Å²) in [6.45, 7) is 5.06. The molecule has 0 spiro atoms. The molecule has 0 aliphatic rings. The Morgan fingerprint density at radius 2 is 1.76 bits per heavy atom. The summed E-state index contributed by atoms with van der Waals surface area (Å²) in [6, 6.07) is 7.04. The molecule has 1 rings (SSSR count). The Balaban J connectivity index is 2.38. The van der Waals surface area contributed by atoms with Crippen molar-refractivity contribution in [2.45, 2.75) is 64.8 Å². The Morgan fingerprint density at radius 3 is 2.32 bits per heavy atom. The van der Waals surface area contributed by atoms with Crippen molar-refractivity contribution in [3.8, 4) is 0 Å². The van der Waals surface area contributed by atoms with Gasteiger partial charge in [0.1, 0.15) is 0 Å². The molecule has 0 aromatic heterocycles. The molecular weight excluding hydrogens is 336 g/mol. The number of ketones is 1. The van der Waals surface area contributed by atoms with Gasteiger partial charge in [-0.05, 0) is 37.1 Å². The lowest BCUT2D eigenvalue weighted by molar-refractivity contribution is 0.0981. The van der Waals surface area contributed by atoms with Crippen molar-refractivity contribution in [2.75, 3.05) is 17.5 Å². The first-order valence-electron chi connectivity index (χ1n) is 9.20. The molecule has 0 bridgehead atoms. The number of rotatable bonds is 13.